The molecule has 9 aliphatic carbocycles. The van der Waals surface area contributed by atoms with E-state index in [4.69, 9.17) is 9.47 Å². The lowest BCUT2D eigenvalue weighted by molar-refractivity contribution is -0.179. The van der Waals surface area contributed by atoms with Gasteiger partial charge in [0, 0.05) is 0 Å². The first kappa shape index (κ1) is 81.9. The SMILES string of the molecule is CCC(C)(C)C(=O)OCc1ccc(C2(O)C3CC4CC(C3)CC2C4)cc1.CCC(C)(C)C(=O)OCc1ccc(C2(O)CC3CCC2C3)cc1.CCC(C)c1ccc(C2(O)CCC(C)CC2)cc1.CCC(C)c1ccc(C2(O)CCC(C)CC2)cc1.CCC(C)c1ccc(C2(O)CCC(O)CC2)cc1. The third-order valence-electron chi connectivity index (χ3n) is 27.6. The molecule has 9 fully saturated rings. The Morgan fingerprint density at radius 3 is 1.02 bits per heavy atom. The van der Waals surface area contributed by atoms with Crippen molar-refractivity contribution in [2.24, 2.45) is 58.2 Å². The predicted molar refractivity (Wildman–Crippen MR) is 418 cm³/mol. The van der Waals surface area contributed by atoms with E-state index in [1.165, 1.54) is 74.5 Å². The Morgan fingerprint density at radius 1 is 0.408 bits per heavy atom. The molecule has 0 aromatic heterocycles. The van der Waals surface area contributed by atoms with E-state index in [1.54, 1.807) is 0 Å². The predicted octanol–water partition coefficient (Wildman–Crippen LogP) is 21.5. The van der Waals surface area contributed by atoms with Crippen molar-refractivity contribution in [1.29, 1.82) is 0 Å². The summed E-state index contributed by atoms with van der Waals surface area (Å²) in [5.41, 5.74) is 7.36. The van der Waals surface area contributed by atoms with Crippen LogP contribution in [0.2, 0.25) is 0 Å². The molecule has 0 aliphatic heterocycles. The summed E-state index contributed by atoms with van der Waals surface area (Å²) in [4.78, 5) is 24.2. The summed E-state index contributed by atoms with van der Waals surface area (Å²) in [6.07, 6.45) is 26.4. The molecule has 9 saturated carbocycles. The molecular weight excluding hydrogens is 1280 g/mol. The number of aliphatic hydroxyl groups excluding tert-OH is 1. The third kappa shape index (κ3) is 20.0. The van der Waals surface area contributed by atoms with Crippen LogP contribution in [-0.4, -0.2) is 48.7 Å². The minimum absolute atomic E-state index is 0.149. The van der Waals surface area contributed by atoms with E-state index in [9.17, 15) is 40.2 Å². The molecule has 0 radical (unpaired) electrons. The molecule has 6 unspecified atom stereocenters. The minimum atomic E-state index is -0.729. The molecule has 0 heterocycles. The van der Waals surface area contributed by atoms with Crippen molar-refractivity contribution in [2.45, 2.75) is 329 Å². The molecule has 14 rings (SSSR count). The number of carbonyl (C=O) groups is 2. The molecule has 9 aliphatic rings. The Kier molecular flexibility index (Phi) is 28.0. The average molecular weight is 1410 g/mol. The van der Waals surface area contributed by atoms with Gasteiger partial charge >= 0.3 is 11.9 Å². The number of benzene rings is 5. The molecule has 0 amide bonds. The zero-order chi connectivity index (χ0) is 74.7. The molecule has 0 spiro atoms. The molecular formula is C93H136O10. The van der Waals surface area contributed by atoms with Gasteiger partial charge in [-0.05, 0) is 315 Å². The number of rotatable bonds is 19. The fraction of sp³-hybridized carbons (Fsp3) is 0.656. The van der Waals surface area contributed by atoms with Crippen LogP contribution in [0.5, 0.6) is 0 Å². The van der Waals surface area contributed by atoms with Gasteiger partial charge in [0.05, 0.1) is 44.9 Å². The van der Waals surface area contributed by atoms with E-state index in [0.29, 0.717) is 80.3 Å². The van der Waals surface area contributed by atoms with Gasteiger partial charge in [-0.25, -0.2) is 0 Å². The quantitative estimate of drug-likeness (QED) is 0.0437. The van der Waals surface area contributed by atoms with Gasteiger partial charge in [-0.15, -0.1) is 0 Å². The van der Waals surface area contributed by atoms with Crippen molar-refractivity contribution < 1.29 is 49.7 Å². The lowest BCUT2D eigenvalue weighted by Gasteiger charge is -2.59. The standard InChI is InChI=1S/C23H32O3.C20H28O3.2C17H26O.C16H24O2/c1-4-22(2,3)21(24)26-14-15-5-7-18(8-6-15)23(25)19-10-16-9-17(12-19)13-20(23)11-16;1-4-19(2,3)18(21)23-13-14-5-8-16(9-6-14)20(22)12-15-7-10-17(20)11-15;2*1-4-14(3)15-5-7-16(8-6-15)17(18)11-9-13(2)10-12-17;1-3-12(2)13-4-6-14(7-5-13)16(18)10-8-15(17)9-11-16/h5-8,16-17,19-20,25H,4,9-14H2,1-3H3;5-6,8-9,15,17,22H,4,7,10-13H2,1-3H3;2*5-8,13-14,18H,4,9-12H2,1-3H3;4-7,12,15,17-18H,3,8-11H2,1-2H3. The fourth-order valence-corrected chi connectivity index (χ4v) is 18.3. The molecule has 6 bridgehead atoms. The summed E-state index contributed by atoms with van der Waals surface area (Å²) in [5.74, 6) is 6.68. The summed E-state index contributed by atoms with van der Waals surface area (Å²) in [7, 11) is 0. The zero-order valence-electron chi connectivity index (χ0n) is 66.1. The van der Waals surface area contributed by atoms with Gasteiger partial charge in [0.1, 0.15) is 13.2 Å². The molecule has 6 atom stereocenters. The number of esters is 2. The number of fused-ring (bicyclic) bond motifs is 2. The maximum absolute atomic E-state index is 12.1. The van der Waals surface area contributed by atoms with Crippen LogP contribution in [0.25, 0.3) is 0 Å². The molecule has 103 heavy (non-hydrogen) atoms. The molecule has 568 valence electrons. The second-order valence-corrected chi connectivity index (χ2v) is 35.6. The van der Waals surface area contributed by atoms with E-state index in [-0.39, 0.29) is 18.0 Å². The second-order valence-electron chi connectivity index (χ2n) is 35.6. The lowest BCUT2D eigenvalue weighted by Crippen LogP contribution is -2.55. The summed E-state index contributed by atoms with van der Waals surface area (Å²) in [6, 6.07) is 41.8. The number of carbonyl (C=O) groups excluding carboxylic acids is 2. The fourth-order valence-electron chi connectivity index (χ4n) is 18.3. The van der Waals surface area contributed by atoms with Gasteiger partial charge in [-0.3, -0.25) is 9.59 Å². The smallest absolute Gasteiger partial charge is 0.311 e. The highest BCUT2D eigenvalue weighted by Crippen LogP contribution is 2.62. The Labute approximate surface area is 622 Å². The van der Waals surface area contributed by atoms with Crippen LogP contribution >= 0.6 is 0 Å². The maximum Gasteiger partial charge on any atom is 0.311 e. The molecule has 10 nitrogen and oxygen atoms in total. The van der Waals surface area contributed by atoms with Crippen molar-refractivity contribution >= 4 is 11.9 Å². The highest BCUT2D eigenvalue weighted by atomic mass is 16.5. The first-order chi connectivity index (χ1) is 48.8. The van der Waals surface area contributed by atoms with Crippen LogP contribution in [0.3, 0.4) is 0 Å². The summed E-state index contributed by atoms with van der Waals surface area (Å²) in [6.45, 7) is 30.2. The normalized spacial score (nSPS) is 31.4. The van der Waals surface area contributed by atoms with Crippen LogP contribution in [0.1, 0.15) is 337 Å². The topological polar surface area (TPSA) is 174 Å². The van der Waals surface area contributed by atoms with Gasteiger partial charge in [0.2, 0.25) is 0 Å². The van der Waals surface area contributed by atoms with Gasteiger partial charge < -0.3 is 40.1 Å². The highest BCUT2D eigenvalue weighted by Gasteiger charge is 2.57. The van der Waals surface area contributed by atoms with Crippen molar-refractivity contribution in [3.05, 3.63) is 177 Å². The minimum Gasteiger partial charge on any atom is -0.460 e. The van der Waals surface area contributed by atoms with Crippen molar-refractivity contribution in [3.63, 3.8) is 0 Å². The summed E-state index contributed by atoms with van der Waals surface area (Å²) < 4.78 is 10.9. The number of hydrogen-bond acceptors (Lipinski definition) is 10. The molecule has 5 aromatic carbocycles. The van der Waals surface area contributed by atoms with E-state index >= 15 is 0 Å². The van der Waals surface area contributed by atoms with Gasteiger partial charge in [-0.2, -0.15) is 0 Å². The maximum atomic E-state index is 12.1. The van der Waals surface area contributed by atoms with Crippen LogP contribution in [0.15, 0.2) is 121 Å². The Morgan fingerprint density at radius 2 is 0.718 bits per heavy atom. The highest BCUT2D eigenvalue weighted by molar-refractivity contribution is 5.76. The number of aliphatic hydroxyl groups is 6. The molecule has 10 heteroatoms. The average Bonchev–Trinajstić information content (AvgIpc) is 0.996. The van der Waals surface area contributed by atoms with Crippen molar-refractivity contribution in [1.82, 2.24) is 0 Å². The molecule has 6 N–H and O–H groups in total. The van der Waals surface area contributed by atoms with E-state index in [2.05, 4.69) is 140 Å². The summed E-state index contributed by atoms with van der Waals surface area (Å²) in [5, 5.41) is 64.3. The van der Waals surface area contributed by atoms with Gasteiger partial charge in [0.15, 0.2) is 0 Å². The lowest BCUT2D eigenvalue weighted by atomic mass is 9.48. The van der Waals surface area contributed by atoms with Crippen LogP contribution in [-0.2, 0) is 60.3 Å². The van der Waals surface area contributed by atoms with Gasteiger partial charge in [0.25, 0.3) is 0 Å². The number of hydrogen-bond donors (Lipinski definition) is 6. The molecule has 5 aromatic rings. The molecule has 0 saturated heterocycles. The van der Waals surface area contributed by atoms with E-state index < -0.39 is 38.8 Å². The van der Waals surface area contributed by atoms with Gasteiger partial charge in [-0.1, -0.05) is 191 Å². The summed E-state index contributed by atoms with van der Waals surface area (Å²) >= 11 is 0. The Bertz CT molecular complexity index is 3200. The second kappa shape index (κ2) is 35.2. The van der Waals surface area contributed by atoms with Crippen LogP contribution in [0, 0.1) is 58.2 Å². The first-order valence-electron chi connectivity index (χ1n) is 41.0. The van der Waals surface area contributed by atoms with E-state index in [0.717, 1.165) is 146 Å². The number of ether oxygens (including phenoxy) is 2. The largest absolute Gasteiger partial charge is 0.460 e. The Hall–Kier alpha value is -5.20. The van der Waals surface area contributed by atoms with E-state index in [1.807, 2.05) is 77.9 Å². The third-order valence-corrected chi connectivity index (χ3v) is 27.6. The van der Waals surface area contributed by atoms with Crippen LogP contribution < -0.4 is 0 Å². The Balaban J connectivity index is 0.000000151. The zero-order valence-corrected chi connectivity index (χ0v) is 66.1. The van der Waals surface area contributed by atoms with Crippen molar-refractivity contribution in [2.75, 3.05) is 0 Å². The first-order valence-corrected chi connectivity index (χ1v) is 41.0. The monoisotopic (exact) mass is 1410 g/mol. The van der Waals surface area contributed by atoms with Crippen molar-refractivity contribution in [3.8, 4) is 0 Å². The van der Waals surface area contributed by atoms with Crippen LogP contribution in [0.4, 0.5) is 0 Å².